The van der Waals surface area contributed by atoms with E-state index in [4.69, 9.17) is 4.74 Å². The number of nitrogens with zero attached hydrogens (tertiary/aromatic N) is 1. The van der Waals surface area contributed by atoms with Crippen molar-refractivity contribution >= 4 is 22.3 Å². The summed E-state index contributed by atoms with van der Waals surface area (Å²) in [7, 11) is 1.46. The molecular formula is C16H13FN4O. The Balaban J connectivity index is 1.81. The summed E-state index contributed by atoms with van der Waals surface area (Å²) in [4.78, 5) is 4.07. The lowest BCUT2D eigenvalue weighted by Gasteiger charge is -2.03. The Hall–Kier alpha value is -3.02. The first-order valence-electron chi connectivity index (χ1n) is 6.79. The summed E-state index contributed by atoms with van der Waals surface area (Å²) < 4.78 is 18.9. The van der Waals surface area contributed by atoms with E-state index in [1.54, 1.807) is 18.5 Å². The largest absolute Gasteiger partial charge is 0.494 e. The molecule has 3 N–H and O–H groups in total. The molecule has 0 radical (unpaired) electrons. The molecule has 0 amide bonds. The number of methoxy groups -OCH3 is 1. The number of anilines is 2. The van der Waals surface area contributed by atoms with Gasteiger partial charge in [0.15, 0.2) is 11.6 Å². The fraction of sp³-hybridized carbons (Fsp3) is 0.0625. The molecule has 0 bridgehead atoms. The van der Waals surface area contributed by atoms with E-state index in [0.29, 0.717) is 0 Å². The van der Waals surface area contributed by atoms with Crippen LogP contribution in [0, 0.1) is 5.82 Å². The molecule has 5 nitrogen and oxygen atoms in total. The lowest BCUT2D eigenvalue weighted by atomic mass is 10.2. The minimum Gasteiger partial charge on any atom is -0.494 e. The highest BCUT2D eigenvalue weighted by atomic mass is 19.1. The number of hydrogen-bond acceptors (Lipinski definition) is 3. The van der Waals surface area contributed by atoms with Gasteiger partial charge in [-0.15, -0.1) is 0 Å². The van der Waals surface area contributed by atoms with Crippen LogP contribution in [-0.4, -0.2) is 22.3 Å². The fourth-order valence-corrected chi connectivity index (χ4v) is 2.64. The van der Waals surface area contributed by atoms with Crippen molar-refractivity contribution in [2.75, 3.05) is 12.4 Å². The number of hydrogen-bond donors (Lipinski definition) is 3. The summed E-state index contributed by atoms with van der Waals surface area (Å²) in [6.45, 7) is 0. The van der Waals surface area contributed by atoms with Gasteiger partial charge in [0.2, 0.25) is 0 Å². The van der Waals surface area contributed by atoms with E-state index in [9.17, 15) is 4.39 Å². The second-order valence-corrected chi connectivity index (χ2v) is 5.00. The van der Waals surface area contributed by atoms with Gasteiger partial charge in [-0.2, -0.15) is 0 Å². The average Bonchev–Trinajstić information content (AvgIpc) is 3.07. The summed E-state index contributed by atoms with van der Waals surface area (Å²) >= 11 is 0. The van der Waals surface area contributed by atoms with Gasteiger partial charge in [0, 0.05) is 17.1 Å². The van der Waals surface area contributed by atoms with Gasteiger partial charge in [0.25, 0.3) is 0 Å². The first-order chi connectivity index (χ1) is 10.8. The quantitative estimate of drug-likeness (QED) is 0.537. The lowest BCUT2D eigenvalue weighted by Crippen LogP contribution is -1.91. The molecule has 2 aromatic rings. The van der Waals surface area contributed by atoms with Crippen LogP contribution in [0.1, 0.15) is 0 Å². The topological polar surface area (TPSA) is 65.7 Å². The van der Waals surface area contributed by atoms with E-state index in [0.717, 1.165) is 33.5 Å². The van der Waals surface area contributed by atoms with Crippen molar-refractivity contribution in [3.8, 4) is 17.0 Å². The number of benzene rings is 1. The van der Waals surface area contributed by atoms with Crippen molar-refractivity contribution in [2.24, 2.45) is 0 Å². The molecule has 0 unspecified atom stereocenters. The molecule has 0 saturated heterocycles. The van der Waals surface area contributed by atoms with Crippen LogP contribution in [0.2, 0.25) is 0 Å². The van der Waals surface area contributed by atoms with Crippen LogP contribution in [-0.2, 0) is 0 Å². The first-order valence-corrected chi connectivity index (χ1v) is 6.79. The molecule has 6 heteroatoms. The molecule has 1 aliphatic carbocycles. The van der Waals surface area contributed by atoms with Gasteiger partial charge in [0.05, 0.1) is 24.7 Å². The number of halogens is 1. The van der Waals surface area contributed by atoms with Gasteiger partial charge in [0.1, 0.15) is 5.82 Å². The van der Waals surface area contributed by atoms with Gasteiger partial charge in [-0.1, -0.05) is 0 Å². The molecular weight excluding hydrogens is 283 g/mol. The van der Waals surface area contributed by atoms with Crippen molar-refractivity contribution in [1.82, 2.24) is 15.2 Å². The van der Waals surface area contributed by atoms with E-state index in [1.807, 2.05) is 18.2 Å². The van der Waals surface area contributed by atoms with E-state index >= 15 is 0 Å². The lowest BCUT2D eigenvalue weighted by molar-refractivity contribution is 0.387. The minimum atomic E-state index is -0.367. The van der Waals surface area contributed by atoms with Crippen molar-refractivity contribution in [2.45, 2.75) is 0 Å². The Bertz CT molecular complexity index is 913. The normalized spacial score (nSPS) is 11.2. The van der Waals surface area contributed by atoms with Crippen LogP contribution >= 0.6 is 0 Å². The molecule has 22 heavy (non-hydrogen) atoms. The third-order valence-electron chi connectivity index (χ3n) is 3.68. The van der Waals surface area contributed by atoms with Crippen molar-refractivity contribution < 1.29 is 9.13 Å². The second-order valence-electron chi connectivity index (χ2n) is 5.00. The van der Waals surface area contributed by atoms with Crippen LogP contribution in [0.5, 0.6) is 5.75 Å². The Kier molecular flexibility index (Phi) is 2.75. The summed E-state index contributed by atoms with van der Waals surface area (Å²) in [6, 6.07) is 8.89. The Morgan fingerprint density at radius 2 is 2.14 bits per heavy atom. The van der Waals surface area contributed by atoms with E-state index < -0.39 is 0 Å². The molecule has 1 aromatic heterocycles. The summed E-state index contributed by atoms with van der Waals surface area (Å²) in [5.74, 6) is 0.670. The number of aromatic amines is 2. The van der Waals surface area contributed by atoms with Crippen LogP contribution in [0.25, 0.3) is 22.0 Å². The predicted octanol–water partition coefficient (Wildman–Crippen LogP) is 3.89. The van der Waals surface area contributed by atoms with Crippen LogP contribution in [0.15, 0.2) is 42.7 Å². The molecule has 2 aliphatic rings. The second kappa shape index (κ2) is 4.77. The van der Waals surface area contributed by atoms with Gasteiger partial charge in [-0.3, -0.25) is 15.2 Å². The summed E-state index contributed by atoms with van der Waals surface area (Å²) in [5.41, 5.74) is 2.72. The number of H-pyrrole nitrogens is 2. The van der Waals surface area contributed by atoms with E-state index in [-0.39, 0.29) is 11.6 Å². The third-order valence-corrected chi connectivity index (χ3v) is 3.68. The molecule has 0 spiro atoms. The number of fused-ring (bicyclic) bond motifs is 3. The first kappa shape index (κ1) is 12.7. The fourth-order valence-electron chi connectivity index (χ4n) is 2.64. The molecule has 0 atom stereocenters. The molecule has 1 aliphatic heterocycles. The number of ether oxygens (including phenoxy) is 1. The number of pyridine rings is 1. The van der Waals surface area contributed by atoms with Gasteiger partial charge < -0.3 is 10.1 Å². The molecule has 110 valence electrons. The summed E-state index contributed by atoms with van der Waals surface area (Å²) in [5, 5.41) is 11.2. The van der Waals surface area contributed by atoms with E-state index in [1.165, 1.54) is 13.2 Å². The summed E-state index contributed by atoms with van der Waals surface area (Å²) in [6.07, 6.45) is 3.45. The van der Waals surface area contributed by atoms with Crippen molar-refractivity contribution in [3.05, 3.63) is 48.5 Å². The van der Waals surface area contributed by atoms with Gasteiger partial charge in [-0.05, 0) is 35.7 Å². The van der Waals surface area contributed by atoms with Crippen LogP contribution in [0.4, 0.5) is 15.9 Å². The number of aromatic nitrogens is 3. The Morgan fingerprint density at radius 3 is 2.91 bits per heavy atom. The van der Waals surface area contributed by atoms with Crippen molar-refractivity contribution in [3.63, 3.8) is 0 Å². The van der Waals surface area contributed by atoms with Crippen LogP contribution < -0.4 is 10.1 Å². The molecule has 0 saturated carbocycles. The maximum atomic E-state index is 13.8. The average molecular weight is 296 g/mol. The highest BCUT2D eigenvalue weighted by molar-refractivity contribution is 6.04. The monoisotopic (exact) mass is 296 g/mol. The smallest absolute Gasteiger partial charge is 0.165 e. The number of rotatable bonds is 3. The highest BCUT2D eigenvalue weighted by Gasteiger charge is 2.19. The standard InChI is InChI=1S/C16H13FN4O/c1-22-14-7-11-9(6-13(14)17)5-12-15(11)20-21-16(12)19-10-3-2-4-18-8-10/h2-8,19-21H,1H3. The van der Waals surface area contributed by atoms with Gasteiger partial charge in [-0.25, -0.2) is 4.39 Å². The Labute approximate surface area is 125 Å². The van der Waals surface area contributed by atoms with Gasteiger partial charge >= 0.3 is 0 Å². The maximum Gasteiger partial charge on any atom is 0.165 e. The molecule has 2 heterocycles. The number of nitrogens with one attached hydrogen (secondary N) is 3. The predicted molar refractivity (Wildman–Crippen MR) is 83.3 cm³/mol. The zero-order chi connectivity index (χ0) is 15.1. The Morgan fingerprint density at radius 1 is 1.23 bits per heavy atom. The van der Waals surface area contributed by atoms with E-state index in [2.05, 4.69) is 20.5 Å². The zero-order valence-corrected chi connectivity index (χ0v) is 11.8. The van der Waals surface area contributed by atoms with Crippen molar-refractivity contribution in [1.29, 1.82) is 0 Å². The molecule has 1 aromatic carbocycles. The molecule has 0 fully saturated rings. The zero-order valence-electron chi connectivity index (χ0n) is 11.8. The minimum absolute atomic E-state index is 0.233. The highest BCUT2D eigenvalue weighted by Crippen LogP contribution is 2.40. The maximum absolute atomic E-state index is 13.8. The molecule has 4 rings (SSSR count). The SMILES string of the molecule is COc1cc2c3[nH][nH]c(Nc4cccnc4)c-3cc2cc1F. The third kappa shape index (κ3) is 1.88. The van der Waals surface area contributed by atoms with Crippen LogP contribution in [0.3, 0.4) is 0 Å².